The third-order valence-corrected chi connectivity index (χ3v) is 4.55. The van der Waals surface area contributed by atoms with Crippen molar-refractivity contribution < 1.29 is 0 Å². The van der Waals surface area contributed by atoms with Gasteiger partial charge in [0, 0.05) is 25.6 Å². The van der Waals surface area contributed by atoms with Gasteiger partial charge >= 0.3 is 0 Å². The van der Waals surface area contributed by atoms with Crippen LogP contribution < -0.4 is 16.2 Å². The average molecular weight is 325 g/mol. The summed E-state index contributed by atoms with van der Waals surface area (Å²) in [6.45, 7) is 6.19. The van der Waals surface area contributed by atoms with Crippen molar-refractivity contribution in [2.45, 2.75) is 35.6 Å². The molecular weight excluding hydrogens is 306 g/mol. The van der Waals surface area contributed by atoms with Crippen molar-refractivity contribution in [1.82, 2.24) is 20.2 Å². The predicted molar refractivity (Wildman–Crippen MR) is 86.9 cm³/mol. The molecule has 0 saturated heterocycles. The van der Waals surface area contributed by atoms with Crippen LogP contribution in [0.3, 0.4) is 0 Å². The minimum absolute atomic E-state index is 0.155. The number of hydrazine groups is 1. The predicted octanol–water partition coefficient (Wildman–Crippen LogP) is 2.13. The highest BCUT2D eigenvalue weighted by molar-refractivity contribution is 8.01. The number of rotatable bonds is 4. The first-order valence-electron chi connectivity index (χ1n) is 6.34. The molecule has 0 bridgehead atoms. The van der Waals surface area contributed by atoms with E-state index in [2.05, 4.69) is 46.4 Å². The Morgan fingerprint density at radius 3 is 2.48 bits per heavy atom. The summed E-state index contributed by atoms with van der Waals surface area (Å²) in [5.74, 6) is 6.81. The van der Waals surface area contributed by atoms with Crippen molar-refractivity contribution in [2.75, 3.05) is 24.4 Å². The van der Waals surface area contributed by atoms with Crippen LogP contribution in [0.1, 0.15) is 26.6 Å². The van der Waals surface area contributed by atoms with E-state index >= 15 is 0 Å². The Balaban J connectivity index is 2.30. The van der Waals surface area contributed by atoms with Crippen molar-refractivity contribution in [2.24, 2.45) is 5.84 Å². The van der Waals surface area contributed by atoms with Gasteiger partial charge in [0.05, 0.1) is 0 Å². The second-order valence-corrected chi connectivity index (χ2v) is 7.88. The van der Waals surface area contributed by atoms with Crippen LogP contribution in [0, 0.1) is 0 Å². The zero-order valence-electron chi connectivity index (χ0n) is 12.7. The van der Waals surface area contributed by atoms with Crippen molar-refractivity contribution in [3.63, 3.8) is 0 Å². The highest BCUT2D eigenvalue weighted by Crippen LogP contribution is 2.33. The van der Waals surface area contributed by atoms with E-state index in [1.165, 1.54) is 23.1 Å². The summed E-state index contributed by atoms with van der Waals surface area (Å²) in [6, 6.07) is 1.80. The van der Waals surface area contributed by atoms with E-state index in [4.69, 9.17) is 5.84 Å². The van der Waals surface area contributed by atoms with E-state index in [-0.39, 0.29) is 5.41 Å². The van der Waals surface area contributed by atoms with Gasteiger partial charge in [0.1, 0.15) is 16.7 Å². The fraction of sp³-hybridized carbons (Fsp3) is 0.500. The number of aromatic nitrogens is 4. The smallest absolute Gasteiger partial charge is 0.208 e. The molecule has 21 heavy (non-hydrogen) atoms. The van der Waals surface area contributed by atoms with Crippen molar-refractivity contribution in [1.29, 1.82) is 0 Å². The molecule has 0 amide bonds. The molecule has 0 aliphatic carbocycles. The quantitative estimate of drug-likeness (QED) is 0.502. The number of anilines is 2. The molecular formula is C12H19N7S2. The molecule has 3 N–H and O–H groups in total. The van der Waals surface area contributed by atoms with Gasteiger partial charge in [0.15, 0.2) is 4.34 Å². The minimum Gasteiger partial charge on any atom is -0.353 e. The third-order valence-electron chi connectivity index (χ3n) is 2.49. The summed E-state index contributed by atoms with van der Waals surface area (Å²) in [6.07, 6.45) is 0. The highest BCUT2D eigenvalue weighted by Gasteiger charge is 2.20. The van der Waals surface area contributed by atoms with Gasteiger partial charge in [-0.15, -0.1) is 10.2 Å². The maximum absolute atomic E-state index is 5.49. The summed E-state index contributed by atoms with van der Waals surface area (Å²) >= 11 is 2.97. The minimum atomic E-state index is -0.155. The monoisotopic (exact) mass is 325 g/mol. The van der Waals surface area contributed by atoms with Crippen LogP contribution in [-0.4, -0.2) is 34.3 Å². The molecule has 0 fully saturated rings. The molecule has 0 aliphatic heterocycles. The number of hydrogen-bond donors (Lipinski definition) is 2. The molecule has 2 heterocycles. The van der Waals surface area contributed by atoms with Crippen LogP contribution in [-0.2, 0) is 5.41 Å². The SMILES string of the molecule is CN(C)c1nnc(Sc2cc(NN)nc(C(C)(C)C)n2)s1. The fourth-order valence-electron chi connectivity index (χ4n) is 1.40. The van der Waals surface area contributed by atoms with E-state index in [1.54, 1.807) is 6.07 Å². The Labute approximate surface area is 132 Å². The number of nitrogens with one attached hydrogen (secondary N) is 1. The van der Waals surface area contributed by atoms with E-state index in [0.717, 1.165) is 20.3 Å². The summed E-state index contributed by atoms with van der Waals surface area (Å²) in [7, 11) is 3.88. The number of nitrogens with two attached hydrogens (primary N) is 1. The van der Waals surface area contributed by atoms with Crippen molar-refractivity contribution in [3.8, 4) is 0 Å². The molecule has 2 rings (SSSR count). The maximum atomic E-state index is 5.49. The molecule has 2 aromatic heterocycles. The number of hydrogen-bond acceptors (Lipinski definition) is 9. The van der Waals surface area contributed by atoms with Gasteiger partial charge in [-0.25, -0.2) is 15.8 Å². The molecule has 0 radical (unpaired) electrons. The van der Waals surface area contributed by atoms with Gasteiger partial charge in [-0.3, -0.25) is 0 Å². The van der Waals surface area contributed by atoms with Crippen LogP contribution in [0.2, 0.25) is 0 Å². The molecule has 0 aliphatic rings. The standard InChI is InChI=1S/C12H19N7S2/c1-12(2,3)9-14-7(16-13)6-8(15-9)20-11-18-17-10(21-11)19(4)5/h6H,13H2,1-5H3,(H,14,15,16). The van der Waals surface area contributed by atoms with Gasteiger partial charge in [-0.2, -0.15) is 0 Å². The molecule has 114 valence electrons. The topological polar surface area (TPSA) is 92.9 Å². The molecule has 0 spiro atoms. The summed E-state index contributed by atoms with van der Waals surface area (Å²) in [5.41, 5.74) is 2.43. The lowest BCUT2D eigenvalue weighted by molar-refractivity contribution is 0.539. The van der Waals surface area contributed by atoms with E-state index in [0.29, 0.717) is 5.82 Å². The molecule has 9 heteroatoms. The van der Waals surface area contributed by atoms with Crippen molar-refractivity contribution >= 4 is 34.0 Å². The van der Waals surface area contributed by atoms with Gasteiger partial charge in [0.2, 0.25) is 5.13 Å². The first-order chi connectivity index (χ1) is 9.79. The Morgan fingerprint density at radius 1 is 1.24 bits per heavy atom. The van der Waals surface area contributed by atoms with Crippen LogP contribution in [0.15, 0.2) is 15.4 Å². The van der Waals surface area contributed by atoms with Crippen LogP contribution in [0.25, 0.3) is 0 Å². The molecule has 0 atom stereocenters. The van der Waals surface area contributed by atoms with E-state index in [9.17, 15) is 0 Å². The van der Waals surface area contributed by atoms with Gasteiger partial charge in [-0.05, 0) is 11.8 Å². The van der Waals surface area contributed by atoms with Crippen molar-refractivity contribution in [3.05, 3.63) is 11.9 Å². The zero-order chi connectivity index (χ0) is 15.6. The largest absolute Gasteiger partial charge is 0.353 e. The lowest BCUT2D eigenvalue weighted by Gasteiger charge is -2.17. The Hall–Kier alpha value is -1.45. The normalized spacial score (nSPS) is 11.5. The van der Waals surface area contributed by atoms with Crippen LogP contribution in [0.5, 0.6) is 0 Å². The molecule has 0 aromatic carbocycles. The molecule has 0 unspecified atom stereocenters. The lowest BCUT2D eigenvalue weighted by Crippen LogP contribution is -2.19. The molecule has 2 aromatic rings. The van der Waals surface area contributed by atoms with Crippen LogP contribution >= 0.6 is 23.1 Å². The third kappa shape index (κ3) is 4.02. The first-order valence-corrected chi connectivity index (χ1v) is 7.98. The summed E-state index contributed by atoms with van der Waals surface area (Å²) in [4.78, 5) is 10.9. The second-order valence-electron chi connectivity index (χ2n) is 5.66. The number of nitrogens with zero attached hydrogens (tertiary/aromatic N) is 5. The second kappa shape index (κ2) is 6.12. The molecule has 0 saturated carbocycles. The Morgan fingerprint density at radius 2 is 1.95 bits per heavy atom. The van der Waals surface area contributed by atoms with E-state index in [1.807, 2.05) is 19.0 Å². The maximum Gasteiger partial charge on any atom is 0.208 e. The highest BCUT2D eigenvalue weighted by atomic mass is 32.2. The Bertz CT molecular complexity index is 618. The average Bonchev–Trinajstić information content (AvgIpc) is 2.86. The van der Waals surface area contributed by atoms with Gasteiger partial charge < -0.3 is 10.3 Å². The number of nitrogen functional groups attached to an aromatic ring is 1. The Kier molecular flexibility index (Phi) is 4.64. The summed E-state index contributed by atoms with van der Waals surface area (Å²) < 4.78 is 0.834. The molecule has 7 nitrogen and oxygen atoms in total. The fourth-order valence-corrected chi connectivity index (χ4v) is 3.11. The summed E-state index contributed by atoms with van der Waals surface area (Å²) in [5, 5.41) is 9.93. The lowest BCUT2D eigenvalue weighted by atomic mass is 9.96. The van der Waals surface area contributed by atoms with Crippen LogP contribution in [0.4, 0.5) is 10.9 Å². The first kappa shape index (κ1) is 15.9. The van der Waals surface area contributed by atoms with E-state index < -0.39 is 0 Å². The van der Waals surface area contributed by atoms with Gasteiger partial charge in [0.25, 0.3) is 0 Å². The zero-order valence-corrected chi connectivity index (χ0v) is 14.3. The van der Waals surface area contributed by atoms with Gasteiger partial charge in [-0.1, -0.05) is 32.1 Å².